The van der Waals surface area contributed by atoms with Gasteiger partial charge < -0.3 is 9.52 Å². The number of halogens is 1. The number of benzene rings is 6. The molecule has 0 saturated carbocycles. The molecular formula is C35H21BrO2. The van der Waals surface area contributed by atoms with Crippen molar-refractivity contribution in [3.8, 4) is 22.3 Å². The fourth-order valence-corrected chi connectivity index (χ4v) is 6.95. The molecule has 1 atom stereocenters. The Hall–Kier alpha value is -4.18. The zero-order valence-corrected chi connectivity index (χ0v) is 21.9. The third-order valence-corrected chi connectivity index (χ3v) is 8.59. The molecule has 1 N–H and O–H groups in total. The van der Waals surface area contributed by atoms with Crippen molar-refractivity contribution in [1.82, 2.24) is 0 Å². The van der Waals surface area contributed by atoms with Crippen molar-refractivity contribution >= 4 is 48.6 Å². The average molecular weight is 553 g/mol. The van der Waals surface area contributed by atoms with Gasteiger partial charge in [-0.05, 0) is 50.0 Å². The number of para-hydroxylation sites is 1. The van der Waals surface area contributed by atoms with Gasteiger partial charge in [0.1, 0.15) is 16.8 Å². The molecule has 0 aliphatic heterocycles. The van der Waals surface area contributed by atoms with Gasteiger partial charge in [0.25, 0.3) is 0 Å². The number of furan rings is 1. The Labute approximate surface area is 227 Å². The summed E-state index contributed by atoms with van der Waals surface area (Å²) in [6, 6.07) is 41.3. The van der Waals surface area contributed by atoms with E-state index in [-0.39, 0.29) is 0 Å². The number of aliphatic hydroxyl groups is 1. The van der Waals surface area contributed by atoms with Gasteiger partial charge in [-0.3, -0.25) is 0 Å². The van der Waals surface area contributed by atoms with Crippen molar-refractivity contribution in [2.24, 2.45) is 0 Å². The molecular weight excluding hydrogens is 532 g/mol. The molecule has 1 unspecified atom stereocenters. The Kier molecular flexibility index (Phi) is 4.55. The number of hydrogen-bond acceptors (Lipinski definition) is 2. The predicted octanol–water partition coefficient (Wildman–Crippen LogP) is 9.43. The van der Waals surface area contributed by atoms with E-state index in [0.29, 0.717) is 0 Å². The Balaban J connectivity index is 1.57. The smallest absolute Gasteiger partial charge is 0.144 e. The van der Waals surface area contributed by atoms with E-state index in [4.69, 9.17) is 4.42 Å². The van der Waals surface area contributed by atoms with Crippen LogP contribution in [0.1, 0.15) is 16.7 Å². The van der Waals surface area contributed by atoms with Crippen LogP contribution in [0.5, 0.6) is 0 Å². The lowest BCUT2D eigenvalue weighted by atomic mass is 9.80. The van der Waals surface area contributed by atoms with Crippen LogP contribution in [0, 0.1) is 0 Å². The van der Waals surface area contributed by atoms with Crippen LogP contribution in [-0.2, 0) is 5.60 Å². The summed E-state index contributed by atoms with van der Waals surface area (Å²) in [6.45, 7) is 0. The van der Waals surface area contributed by atoms with Gasteiger partial charge in [-0.15, -0.1) is 0 Å². The lowest BCUT2D eigenvalue weighted by molar-refractivity contribution is 0.131. The van der Waals surface area contributed by atoms with Crippen LogP contribution >= 0.6 is 15.9 Å². The highest BCUT2D eigenvalue weighted by atomic mass is 79.9. The molecule has 1 aromatic heterocycles. The third-order valence-electron chi connectivity index (χ3n) is 7.96. The Bertz CT molecular complexity index is 2050. The molecule has 6 aromatic carbocycles. The number of hydrogen-bond donors (Lipinski definition) is 1. The minimum atomic E-state index is -1.38. The fraction of sp³-hybridized carbons (Fsp3) is 0.0286. The van der Waals surface area contributed by atoms with Crippen LogP contribution in [0.25, 0.3) is 55.0 Å². The zero-order valence-electron chi connectivity index (χ0n) is 20.3. The van der Waals surface area contributed by atoms with E-state index in [0.717, 1.165) is 76.1 Å². The van der Waals surface area contributed by atoms with Gasteiger partial charge in [0.15, 0.2) is 0 Å². The maximum Gasteiger partial charge on any atom is 0.144 e. The number of rotatable bonds is 2. The van der Waals surface area contributed by atoms with Crippen molar-refractivity contribution in [3.05, 3.63) is 142 Å². The van der Waals surface area contributed by atoms with Crippen molar-refractivity contribution in [2.75, 3.05) is 0 Å². The van der Waals surface area contributed by atoms with E-state index in [1.54, 1.807) is 0 Å². The van der Waals surface area contributed by atoms with Gasteiger partial charge in [-0.1, -0.05) is 109 Å². The van der Waals surface area contributed by atoms with Crippen molar-refractivity contribution < 1.29 is 9.52 Å². The van der Waals surface area contributed by atoms with Gasteiger partial charge in [0.2, 0.25) is 0 Å². The zero-order chi connectivity index (χ0) is 25.4. The third kappa shape index (κ3) is 2.80. The minimum Gasteiger partial charge on any atom is -0.455 e. The fourth-order valence-electron chi connectivity index (χ4n) is 6.33. The van der Waals surface area contributed by atoms with E-state index in [2.05, 4.69) is 82.7 Å². The summed E-state index contributed by atoms with van der Waals surface area (Å²) < 4.78 is 7.49. The SMILES string of the molecule is OC1(c2ccccc2-c2ccccc2)c2ccc3ccccc3c2-c2c1cc(Br)c1c2oc2ccccc21. The molecule has 8 rings (SSSR count). The normalized spacial score (nSPS) is 16.3. The Morgan fingerprint density at radius 3 is 2.18 bits per heavy atom. The van der Waals surface area contributed by atoms with E-state index >= 15 is 0 Å². The molecule has 0 bridgehead atoms. The average Bonchev–Trinajstić information content (AvgIpc) is 3.48. The summed E-state index contributed by atoms with van der Waals surface area (Å²) in [4.78, 5) is 0. The van der Waals surface area contributed by atoms with Crippen molar-refractivity contribution in [1.29, 1.82) is 0 Å². The van der Waals surface area contributed by atoms with Crippen LogP contribution in [0.15, 0.2) is 130 Å². The Morgan fingerprint density at radius 2 is 1.32 bits per heavy atom. The second-order valence-corrected chi connectivity index (χ2v) is 10.8. The lowest BCUT2D eigenvalue weighted by Crippen LogP contribution is -2.27. The first kappa shape index (κ1) is 21.9. The summed E-state index contributed by atoms with van der Waals surface area (Å²) in [7, 11) is 0. The standard InChI is InChI=1S/C35H21BrO2/c36-29-20-28-33(34-32(29)25-15-7-9-17-30(25)38-34)31-24-14-5-4-12-22(24)18-19-27(31)35(28,37)26-16-8-6-13-23(26)21-10-2-1-3-11-21/h1-20,37H. The van der Waals surface area contributed by atoms with Gasteiger partial charge in [-0.2, -0.15) is 0 Å². The second kappa shape index (κ2) is 7.91. The van der Waals surface area contributed by atoms with Gasteiger partial charge in [0.05, 0.1) is 0 Å². The van der Waals surface area contributed by atoms with Gasteiger partial charge >= 0.3 is 0 Å². The minimum absolute atomic E-state index is 0.793. The van der Waals surface area contributed by atoms with E-state index < -0.39 is 5.60 Å². The summed E-state index contributed by atoms with van der Waals surface area (Å²) >= 11 is 3.86. The first-order valence-electron chi connectivity index (χ1n) is 12.7. The monoisotopic (exact) mass is 552 g/mol. The van der Waals surface area contributed by atoms with Crippen LogP contribution in [0.4, 0.5) is 0 Å². The summed E-state index contributed by atoms with van der Waals surface area (Å²) in [6.07, 6.45) is 0. The molecule has 3 heteroatoms. The first-order chi connectivity index (χ1) is 18.7. The summed E-state index contributed by atoms with van der Waals surface area (Å²) in [5, 5.41) is 17.4. The summed E-state index contributed by atoms with van der Waals surface area (Å²) in [5.74, 6) is 0. The molecule has 2 nitrogen and oxygen atoms in total. The maximum atomic E-state index is 13.1. The number of fused-ring (bicyclic) bond motifs is 9. The van der Waals surface area contributed by atoms with Crippen LogP contribution < -0.4 is 0 Å². The van der Waals surface area contributed by atoms with Crippen molar-refractivity contribution in [3.63, 3.8) is 0 Å². The molecule has 0 fully saturated rings. The predicted molar refractivity (Wildman–Crippen MR) is 158 cm³/mol. The molecule has 0 amide bonds. The van der Waals surface area contributed by atoms with Crippen molar-refractivity contribution in [2.45, 2.75) is 5.60 Å². The highest BCUT2D eigenvalue weighted by Crippen LogP contribution is 2.58. The lowest BCUT2D eigenvalue weighted by Gasteiger charge is -2.29. The van der Waals surface area contributed by atoms with Crippen LogP contribution in [0.2, 0.25) is 0 Å². The Morgan fingerprint density at radius 1 is 0.605 bits per heavy atom. The molecule has 1 heterocycles. The molecule has 0 saturated heterocycles. The van der Waals surface area contributed by atoms with Gasteiger partial charge in [-0.25, -0.2) is 0 Å². The van der Waals surface area contributed by atoms with Crippen LogP contribution in [-0.4, -0.2) is 5.11 Å². The topological polar surface area (TPSA) is 33.4 Å². The quantitative estimate of drug-likeness (QED) is 0.231. The summed E-state index contributed by atoms with van der Waals surface area (Å²) in [5.41, 5.74) is 6.84. The first-order valence-corrected chi connectivity index (χ1v) is 13.5. The highest BCUT2D eigenvalue weighted by molar-refractivity contribution is 9.10. The van der Waals surface area contributed by atoms with E-state index in [1.165, 1.54) is 0 Å². The van der Waals surface area contributed by atoms with E-state index in [9.17, 15) is 5.11 Å². The second-order valence-electron chi connectivity index (χ2n) is 9.91. The maximum absolute atomic E-state index is 13.1. The van der Waals surface area contributed by atoms with E-state index in [1.807, 2.05) is 54.6 Å². The highest BCUT2D eigenvalue weighted by Gasteiger charge is 2.47. The molecule has 1 aliphatic carbocycles. The molecule has 0 radical (unpaired) electrons. The molecule has 180 valence electrons. The largest absolute Gasteiger partial charge is 0.455 e. The molecule has 38 heavy (non-hydrogen) atoms. The van der Waals surface area contributed by atoms with Crippen LogP contribution in [0.3, 0.4) is 0 Å². The van der Waals surface area contributed by atoms with Gasteiger partial charge in [0, 0.05) is 43.1 Å². The molecule has 7 aromatic rings. The molecule has 1 aliphatic rings. The molecule has 0 spiro atoms.